The van der Waals surface area contributed by atoms with Gasteiger partial charge in [0.2, 0.25) is 0 Å². The summed E-state index contributed by atoms with van der Waals surface area (Å²) in [5.41, 5.74) is 5.39. The van der Waals surface area contributed by atoms with Crippen LogP contribution >= 0.6 is 11.6 Å². The van der Waals surface area contributed by atoms with E-state index in [1.165, 1.54) is 6.20 Å². The number of carbonyl (C=O) groups is 1. The number of nitrogens with zero attached hydrogens (tertiary/aromatic N) is 3. The highest BCUT2D eigenvalue weighted by atomic mass is 35.5. The normalized spacial score (nSPS) is 25.1. The number of hydrogen-bond acceptors (Lipinski definition) is 5. The Morgan fingerprint density at radius 3 is 2.88 bits per heavy atom. The minimum atomic E-state index is -1.14. The molecule has 0 bridgehead atoms. The second-order valence-electron chi connectivity index (χ2n) is 4.25. The molecule has 1 aliphatic rings. The fourth-order valence-electron chi connectivity index (χ4n) is 1.87. The van der Waals surface area contributed by atoms with Gasteiger partial charge in [-0.3, -0.25) is 14.7 Å². The molecule has 0 radical (unpaired) electrons. The Morgan fingerprint density at radius 2 is 2.35 bits per heavy atom. The fourth-order valence-corrected chi connectivity index (χ4v) is 1.97. The molecule has 1 atom stereocenters. The van der Waals surface area contributed by atoms with Crippen LogP contribution in [0.2, 0.25) is 5.15 Å². The van der Waals surface area contributed by atoms with E-state index in [0.717, 1.165) is 5.69 Å². The summed E-state index contributed by atoms with van der Waals surface area (Å²) in [4.78, 5) is 21.0. The van der Waals surface area contributed by atoms with E-state index in [4.69, 9.17) is 22.4 Å². The number of hydrogen-bond donors (Lipinski definition) is 2. The largest absolute Gasteiger partial charge is 0.480 e. The first kappa shape index (κ1) is 12.2. The molecule has 0 amide bonds. The van der Waals surface area contributed by atoms with Gasteiger partial charge in [-0.15, -0.1) is 0 Å². The topological polar surface area (TPSA) is 92.3 Å². The number of rotatable bonds is 3. The van der Waals surface area contributed by atoms with Gasteiger partial charge in [0, 0.05) is 19.6 Å². The van der Waals surface area contributed by atoms with Crippen LogP contribution in [-0.4, -0.2) is 44.6 Å². The van der Waals surface area contributed by atoms with Crippen molar-refractivity contribution < 1.29 is 9.90 Å². The third-order valence-electron chi connectivity index (χ3n) is 2.87. The second kappa shape index (κ2) is 4.56. The molecule has 0 aromatic carbocycles. The number of aromatic nitrogens is 2. The lowest BCUT2D eigenvalue weighted by atomic mass is 10.0. The maximum absolute atomic E-state index is 11.0. The summed E-state index contributed by atoms with van der Waals surface area (Å²) < 4.78 is 0. The number of carboxylic acids is 1. The molecule has 17 heavy (non-hydrogen) atoms. The first-order valence-electron chi connectivity index (χ1n) is 5.21. The standard InChI is InChI=1S/C10H13ClN4O2/c11-8-4-13-7(3-14-8)5-15-2-1-10(12,6-15)9(16)17/h3-4H,1-2,5-6,12H2,(H,16,17). The van der Waals surface area contributed by atoms with Crippen molar-refractivity contribution in [2.45, 2.75) is 18.5 Å². The maximum Gasteiger partial charge on any atom is 0.325 e. The fraction of sp³-hybridized carbons (Fsp3) is 0.500. The van der Waals surface area contributed by atoms with E-state index < -0.39 is 11.5 Å². The van der Waals surface area contributed by atoms with Crippen LogP contribution in [0.1, 0.15) is 12.1 Å². The van der Waals surface area contributed by atoms with Gasteiger partial charge < -0.3 is 10.8 Å². The van der Waals surface area contributed by atoms with Gasteiger partial charge in [0.05, 0.1) is 18.1 Å². The third kappa shape index (κ3) is 2.71. The lowest BCUT2D eigenvalue weighted by molar-refractivity contribution is -0.142. The summed E-state index contributed by atoms with van der Waals surface area (Å²) in [6, 6.07) is 0. The van der Waals surface area contributed by atoms with Gasteiger partial charge in [-0.05, 0) is 6.42 Å². The molecule has 3 N–H and O–H groups in total. The number of aliphatic carboxylic acids is 1. The van der Waals surface area contributed by atoms with Crippen molar-refractivity contribution in [2.75, 3.05) is 13.1 Å². The molecule has 0 aliphatic carbocycles. The molecule has 7 heteroatoms. The first-order chi connectivity index (χ1) is 7.99. The van der Waals surface area contributed by atoms with Gasteiger partial charge in [-0.1, -0.05) is 11.6 Å². The average Bonchev–Trinajstić information content (AvgIpc) is 2.65. The van der Waals surface area contributed by atoms with E-state index in [-0.39, 0.29) is 0 Å². The van der Waals surface area contributed by atoms with Crippen LogP contribution in [0.4, 0.5) is 0 Å². The van der Waals surface area contributed by atoms with Crippen molar-refractivity contribution in [1.82, 2.24) is 14.9 Å². The minimum absolute atomic E-state index is 0.326. The van der Waals surface area contributed by atoms with Crippen LogP contribution in [0, 0.1) is 0 Å². The first-order valence-corrected chi connectivity index (χ1v) is 5.58. The minimum Gasteiger partial charge on any atom is -0.480 e. The lowest BCUT2D eigenvalue weighted by Gasteiger charge is -2.19. The van der Waals surface area contributed by atoms with Crippen LogP contribution in [0.5, 0.6) is 0 Å². The van der Waals surface area contributed by atoms with E-state index >= 15 is 0 Å². The molecule has 0 saturated carbocycles. The van der Waals surface area contributed by atoms with Crippen molar-refractivity contribution in [3.63, 3.8) is 0 Å². The third-order valence-corrected chi connectivity index (χ3v) is 3.06. The zero-order chi connectivity index (χ0) is 12.5. The second-order valence-corrected chi connectivity index (χ2v) is 4.64. The van der Waals surface area contributed by atoms with Crippen LogP contribution < -0.4 is 5.73 Å². The zero-order valence-corrected chi connectivity index (χ0v) is 9.89. The Morgan fingerprint density at radius 1 is 1.59 bits per heavy atom. The molecule has 1 saturated heterocycles. The summed E-state index contributed by atoms with van der Waals surface area (Å²) in [6.45, 7) is 1.51. The number of halogens is 1. The number of likely N-dealkylation sites (tertiary alicyclic amines) is 1. The van der Waals surface area contributed by atoms with Gasteiger partial charge >= 0.3 is 5.97 Å². The SMILES string of the molecule is NC1(C(=O)O)CCN(Cc2cnc(Cl)cn2)C1. The monoisotopic (exact) mass is 256 g/mol. The highest BCUT2D eigenvalue weighted by molar-refractivity contribution is 6.29. The van der Waals surface area contributed by atoms with E-state index in [1.54, 1.807) is 6.20 Å². The summed E-state index contributed by atoms with van der Waals surface area (Å²) in [7, 11) is 0. The van der Waals surface area contributed by atoms with E-state index in [0.29, 0.717) is 31.2 Å². The average molecular weight is 257 g/mol. The van der Waals surface area contributed by atoms with Crippen LogP contribution in [0.15, 0.2) is 12.4 Å². The molecule has 0 spiro atoms. The highest BCUT2D eigenvalue weighted by Gasteiger charge is 2.41. The zero-order valence-electron chi connectivity index (χ0n) is 9.14. The molecule has 1 unspecified atom stereocenters. The predicted molar refractivity (Wildman–Crippen MR) is 61.5 cm³/mol. The smallest absolute Gasteiger partial charge is 0.325 e. The molecule has 2 heterocycles. The Balaban J connectivity index is 1.98. The van der Waals surface area contributed by atoms with Crippen LogP contribution in [0.3, 0.4) is 0 Å². The molecule has 1 aromatic heterocycles. The van der Waals surface area contributed by atoms with Gasteiger partial charge in [0.15, 0.2) is 0 Å². The summed E-state index contributed by atoms with van der Waals surface area (Å²) in [6.07, 6.45) is 3.50. The lowest BCUT2D eigenvalue weighted by Crippen LogP contribution is -2.50. The molecule has 2 rings (SSSR count). The Labute approximate surface area is 103 Å². The Hall–Kier alpha value is -1.24. The van der Waals surface area contributed by atoms with Crippen LogP contribution in [0.25, 0.3) is 0 Å². The molecule has 92 valence electrons. The van der Waals surface area contributed by atoms with Gasteiger partial charge in [-0.2, -0.15) is 0 Å². The molecule has 1 aliphatic heterocycles. The Bertz CT molecular complexity index is 425. The van der Waals surface area contributed by atoms with Crippen molar-refractivity contribution in [3.05, 3.63) is 23.2 Å². The van der Waals surface area contributed by atoms with E-state index in [2.05, 4.69) is 9.97 Å². The number of carboxylic acid groups (broad SMARTS) is 1. The molecular weight excluding hydrogens is 244 g/mol. The van der Waals surface area contributed by atoms with E-state index in [1.807, 2.05) is 4.90 Å². The molecule has 6 nitrogen and oxygen atoms in total. The van der Waals surface area contributed by atoms with Crippen molar-refractivity contribution in [1.29, 1.82) is 0 Å². The summed E-state index contributed by atoms with van der Waals surface area (Å²) in [5, 5.41) is 9.34. The molecule has 1 fully saturated rings. The van der Waals surface area contributed by atoms with Crippen molar-refractivity contribution in [3.8, 4) is 0 Å². The summed E-state index contributed by atoms with van der Waals surface area (Å²) >= 11 is 5.63. The Kier molecular flexibility index (Phi) is 3.28. The van der Waals surface area contributed by atoms with Gasteiger partial charge in [0.25, 0.3) is 0 Å². The van der Waals surface area contributed by atoms with Crippen molar-refractivity contribution >= 4 is 17.6 Å². The highest BCUT2D eigenvalue weighted by Crippen LogP contribution is 2.20. The van der Waals surface area contributed by atoms with E-state index in [9.17, 15) is 4.79 Å². The molecule has 1 aromatic rings. The van der Waals surface area contributed by atoms with Gasteiger partial charge in [-0.25, -0.2) is 4.98 Å². The van der Waals surface area contributed by atoms with Crippen LogP contribution in [-0.2, 0) is 11.3 Å². The number of nitrogens with two attached hydrogens (primary N) is 1. The maximum atomic E-state index is 11.0. The summed E-state index contributed by atoms with van der Waals surface area (Å²) in [5.74, 6) is -0.956. The predicted octanol–water partition coefficient (Wildman–Crippen LogP) is 0.118. The van der Waals surface area contributed by atoms with Gasteiger partial charge in [0.1, 0.15) is 10.7 Å². The quantitative estimate of drug-likeness (QED) is 0.798. The van der Waals surface area contributed by atoms with Crippen molar-refractivity contribution in [2.24, 2.45) is 5.73 Å². The molecular formula is C10H13ClN4O2.